The summed E-state index contributed by atoms with van der Waals surface area (Å²) >= 11 is 0. The number of rotatable bonds is 6. The van der Waals surface area contributed by atoms with Gasteiger partial charge >= 0.3 is 6.03 Å². The Hall–Kier alpha value is -3.28. The van der Waals surface area contributed by atoms with E-state index in [4.69, 9.17) is 4.74 Å². The maximum Gasteiger partial charge on any atom is 0.319 e. The largest absolute Gasteiger partial charge is 0.496 e. The topological polar surface area (TPSA) is 75.3 Å². The molecule has 1 heterocycles. The van der Waals surface area contributed by atoms with Gasteiger partial charge in [0.1, 0.15) is 11.6 Å². The van der Waals surface area contributed by atoms with Gasteiger partial charge in [-0.25, -0.2) is 9.78 Å². The molecule has 0 aliphatic carbocycles. The first kappa shape index (κ1) is 18.5. The fourth-order valence-electron chi connectivity index (χ4n) is 2.77. The summed E-state index contributed by atoms with van der Waals surface area (Å²) < 4.78 is 5.37. The maximum atomic E-state index is 11.8. The van der Waals surface area contributed by atoms with Crippen LogP contribution in [0.5, 0.6) is 5.75 Å². The van der Waals surface area contributed by atoms with Crippen molar-refractivity contribution >= 4 is 28.4 Å². The molecule has 140 valence electrons. The van der Waals surface area contributed by atoms with Crippen molar-refractivity contribution in [3.8, 4) is 5.75 Å². The Bertz CT molecular complexity index is 940. The third-order valence-corrected chi connectivity index (χ3v) is 4.02. The highest BCUT2D eigenvalue weighted by atomic mass is 16.5. The number of hydrogen-bond acceptors (Lipinski definition) is 4. The van der Waals surface area contributed by atoms with Gasteiger partial charge in [-0.1, -0.05) is 18.2 Å². The standard InChI is InChI=1S/C21H24N4O2/c1-14(2)23-21(26)24-17-9-10-18-15(12-17)8-11-20(25-18)22-13-16-6-4-5-7-19(16)27-3/h4-12,14H,13H2,1-3H3,(H,22,25)(H2,23,24,26). The van der Waals surface area contributed by atoms with Gasteiger partial charge in [0.15, 0.2) is 0 Å². The lowest BCUT2D eigenvalue weighted by molar-refractivity contribution is 0.250. The molecule has 0 saturated heterocycles. The molecule has 3 aromatic rings. The number of para-hydroxylation sites is 1. The molecule has 1 aromatic heterocycles. The molecular formula is C21H24N4O2. The molecular weight excluding hydrogens is 340 g/mol. The Morgan fingerprint density at radius 2 is 1.93 bits per heavy atom. The molecule has 3 rings (SSSR count). The molecule has 3 N–H and O–H groups in total. The Morgan fingerprint density at radius 1 is 1.11 bits per heavy atom. The van der Waals surface area contributed by atoms with E-state index >= 15 is 0 Å². The molecule has 27 heavy (non-hydrogen) atoms. The normalized spacial score (nSPS) is 10.7. The highest BCUT2D eigenvalue weighted by Crippen LogP contribution is 2.22. The molecule has 0 bridgehead atoms. The molecule has 0 radical (unpaired) electrons. The van der Waals surface area contributed by atoms with Gasteiger partial charge in [0, 0.05) is 29.2 Å². The highest BCUT2D eigenvalue weighted by Gasteiger charge is 2.06. The van der Waals surface area contributed by atoms with Crippen LogP contribution in [0.3, 0.4) is 0 Å². The van der Waals surface area contributed by atoms with E-state index in [-0.39, 0.29) is 12.1 Å². The van der Waals surface area contributed by atoms with Crippen molar-refractivity contribution in [3.05, 3.63) is 60.2 Å². The molecule has 0 spiro atoms. The first-order chi connectivity index (χ1) is 13.0. The summed E-state index contributed by atoms with van der Waals surface area (Å²) in [7, 11) is 1.67. The summed E-state index contributed by atoms with van der Waals surface area (Å²) in [4.78, 5) is 16.5. The van der Waals surface area contributed by atoms with E-state index in [9.17, 15) is 4.79 Å². The number of anilines is 2. The molecule has 6 nitrogen and oxygen atoms in total. The van der Waals surface area contributed by atoms with Crippen LogP contribution in [0.1, 0.15) is 19.4 Å². The van der Waals surface area contributed by atoms with Crippen LogP contribution in [0.25, 0.3) is 10.9 Å². The number of ether oxygens (including phenoxy) is 1. The molecule has 0 unspecified atom stereocenters. The van der Waals surface area contributed by atoms with Crippen molar-refractivity contribution in [1.82, 2.24) is 10.3 Å². The minimum Gasteiger partial charge on any atom is -0.496 e. The van der Waals surface area contributed by atoms with E-state index in [1.807, 2.05) is 68.4 Å². The van der Waals surface area contributed by atoms with Crippen LogP contribution in [0.4, 0.5) is 16.3 Å². The first-order valence-corrected chi connectivity index (χ1v) is 8.89. The number of nitrogens with one attached hydrogen (secondary N) is 3. The number of urea groups is 1. The number of methoxy groups -OCH3 is 1. The summed E-state index contributed by atoms with van der Waals surface area (Å²) in [5.74, 6) is 1.63. The number of amides is 2. The SMILES string of the molecule is COc1ccccc1CNc1ccc2cc(NC(=O)NC(C)C)ccc2n1. The number of nitrogens with zero attached hydrogens (tertiary/aromatic N) is 1. The Kier molecular flexibility index (Phi) is 5.76. The van der Waals surface area contributed by atoms with Crippen molar-refractivity contribution in [1.29, 1.82) is 0 Å². The van der Waals surface area contributed by atoms with Crippen molar-refractivity contribution in [2.75, 3.05) is 17.7 Å². The minimum atomic E-state index is -0.215. The number of carbonyl (C=O) groups excluding carboxylic acids is 1. The number of fused-ring (bicyclic) bond motifs is 1. The van der Waals surface area contributed by atoms with Gasteiger partial charge in [-0.3, -0.25) is 0 Å². The molecule has 0 fully saturated rings. The second-order valence-corrected chi connectivity index (χ2v) is 6.52. The van der Waals surface area contributed by atoms with Crippen molar-refractivity contribution in [3.63, 3.8) is 0 Å². The van der Waals surface area contributed by atoms with Crippen molar-refractivity contribution in [2.24, 2.45) is 0 Å². The van der Waals surface area contributed by atoms with Crippen molar-refractivity contribution in [2.45, 2.75) is 26.4 Å². The molecule has 0 aliphatic rings. The first-order valence-electron chi connectivity index (χ1n) is 8.89. The maximum absolute atomic E-state index is 11.8. The van der Waals surface area contributed by atoms with E-state index in [2.05, 4.69) is 20.9 Å². The van der Waals surface area contributed by atoms with Crippen LogP contribution in [-0.2, 0) is 6.54 Å². The lowest BCUT2D eigenvalue weighted by Crippen LogP contribution is -2.34. The highest BCUT2D eigenvalue weighted by molar-refractivity contribution is 5.93. The zero-order valence-corrected chi connectivity index (χ0v) is 15.7. The number of pyridine rings is 1. The van der Waals surface area contributed by atoms with Gasteiger partial charge in [-0.05, 0) is 50.2 Å². The van der Waals surface area contributed by atoms with E-state index < -0.39 is 0 Å². The second kappa shape index (κ2) is 8.40. The van der Waals surface area contributed by atoms with E-state index in [1.54, 1.807) is 7.11 Å². The predicted octanol–water partition coefficient (Wildman–Crippen LogP) is 4.39. The van der Waals surface area contributed by atoms with Gasteiger partial charge in [0.25, 0.3) is 0 Å². The van der Waals surface area contributed by atoms with Gasteiger partial charge in [-0.2, -0.15) is 0 Å². The summed E-state index contributed by atoms with van der Waals surface area (Å²) in [6, 6.07) is 17.3. The minimum absolute atomic E-state index is 0.0870. The van der Waals surface area contributed by atoms with Gasteiger partial charge in [-0.15, -0.1) is 0 Å². The lowest BCUT2D eigenvalue weighted by Gasteiger charge is -2.12. The lowest BCUT2D eigenvalue weighted by atomic mass is 10.2. The average molecular weight is 364 g/mol. The third-order valence-electron chi connectivity index (χ3n) is 4.02. The molecule has 2 aromatic carbocycles. The zero-order valence-electron chi connectivity index (χ0n) is 15.7. The number of benzene rings is 2. The second-order valence-electron chi connectivity index (χ2n) is 6.52. The van der Waals surface area contributed by atoms with Gasteiger partial charge in [0.05, 0.1) is 12.6 Å². The summed E-state index contributed by atoms with van der Waals surface area (Å²) in [5, 5.41) is 9.92. The summed E-state index contributed by atoms with van der Waals surface area (Å²) in [6.07, 6.45) is 0. The fourth-order valence-corrected chi connectivity index (χ4v) is 2.77. The quantitative estimate of drug-likeness (QED) is 0.606. The van der Waals surface area contributed by atoms with Crippen LogP contribution in [-0.4, -0.2) is 24.2 Å². The van der Waals surface area contributed by atoms with Gasteiger partial charge in [0.2, 0.25) is 0 Å². The fraction of sp³-hybridized carbons (Fsp3) is 0.238. The monoisotopic (exact) mass is 364 g/mol. The van der Waals surface area contributed by atoms with Gasteiger partial charge < -0.3 is 20.7 Å². The van der Waals surface area contributed by atoms with Crippen molar-refractivity contribution < 1.29 is 9.53 Å². The molecule has 6 heteroatoms. The number of hydrogen-bond donors (Lipinski definition) is 3. The van der Waals surface area contributed by atoms with E-state index in [1.165, 1.54) is 0 Å². The Morgan fingerprint density at radius 3 is 2.70 bits per heavy atom. The van der Waals surface area contributed by atoms with Crippen LogP contribution < -0.4 is 20.7 Å². The van der Waals surface area contributed by atoms with E-state index in [0.717, 1.165) is 33.7 Å². The predicted molar refractivity (Wildman–Crippen MR) is 109 cm³/mol. The third kappa shape index (κ3) is 4.88. The Labute approximate surface area is 159 Å². The average Bonchev–Trinajstić information content (AvgIpc) is 2.65. The number of aromatic nitrogens is 1. The summed E-state index contributed by atoms with van der Waals surface area (Å²) in [5.41, 5.74) is 2.66. The van der Waals surface area contributed by atoms with Crippen LogP contribution in [0.15, 0.2) is 54.6 Å². The van der Waals surface area contributed by atoms with Crippen LogP contribution >= 0.6 is 0 Å². The molecule has 2 amide bonds. The van der Waals surface area contributed by atoms with E-state index in [0.29, 0.717) is 6.54 Å². The zero-order chi connectivity index (χ0) is 19.2. The Balaban J connectivity index is 1.70. The van der Waals surface area contributed by atoms with Crippen LogP contribution in [0.2, 0.25) is 0 Å². The number of carbonyl (C=O) groups is 1. The van der Waals surface area contributed by atoms with Crippen LogP contribution in [0, 0.1) is 0 Å². The summed E-state index contributed by atoms with van der Waals surface area (Å²) in [6.45, 7) is 4.46. The molecule has 0 saturated carbocycles. The molecule has 0 aliphatic heterocycles. The smallest absolute Gasteiger partial charge is 0.319 e. The molecule has 0 atom stereocenters.